The third-order valence-corrected chi connectivity index (χ3v) is 3.46. The van der Waals surface area contributed by atoms with Crippen molar-refractivity contribution in [1.29, 1.82) is 0 Å². The maximum Gasteiger partial charge on any atom is 0.0221 e. The highest BCUT2D eigenvalue weighted by molar-refractivity contribution is 4.94. The summed E-state index contributed by atoms with van der Waals surface area (Å²) >= 11 is 0. The van der Waals surface area contributed by atoms with Crippen LogP contribution in [-0.2, 0) is 0 Å². The van der Waals surface area contributed by atoms with Gasteiger partial charge in [0.1, 0.15) is 0 Å². The molecule has 2 aliphatic rings. The van der Waals surface area contributed by atoms with Crippen LogP contribution in [0, 0.1) is 5.92 Å². The molecule has 74 valence electrons. The Kier molecular flexibility index (Phi) is 2.70. The van der Waals surface area contributed by atoms with E-state index in [-0.39, 0.29) is 0 Å². The van der Waals surface area contributed by atoms with Gasteiger partial charge in [0.2, 0.25) is 0 Å². The second-order valence-electron chi connectivity index (χ2n) is 4.44. The summed E-state index contributed by atoms with van der Waals surface area (Å²) in [6, 6.07) is 1.21. The van der Waals surface area contributed by atoms with Gasteiger partial charge < -0.3 is 10.2 Å². The summed E-state index contributed by atoms with van der Waals surface area (Å²) in [6.45, 7) is 9.94. The van der Waals surface area contributed by atoms with E-state index in [1.54, 1.807) is 0 Å². The maximum absolute atomic E-state index is 3.81. The van der Waals surface area contributed by atoms with Gasteiger partial charge in [-0.15, -0.1) is 6.58 Å². The van der Waals surface area contributed by atoms with Crippen molar-refractivity contribution in [1.82, 2.24) is 10.2 Å². The van der Waals surface area contributed by atoms with Gasteiger partial charge in [-0.1, -0.05) is 6.08 Å². The van der Waals surface area contributed by atoms with Crippen LogP contribution in [0.4, 0.5) is 0 Å². The van der Waals surface area contributed by atoms with E-state index in [9.17, 15) is 0 Å². The summed E-state index contributed by atoms with van der Waals surface area (Å²) in [5.41, 5.74) is 0. The van der Waals surface area contributed by atoms with E-state index in [0.29, 0.717) is 6.04 Å². The van der Waals surface area contributed by atoms with Crippen LogP contribution in [0.2, 0.25) is 0 Å². The molecule has 0 aromatic heterocycles. The molecule has 2 aliphatic heterocycles. The third-order valence-electron chi connectivity index (χ3n) is 3.46. The second kappa shape index (κ2) is 3.81. The lowest BCUT2D eigenvalue weighted by molar-refractivity contribution is 0.217. The van der Waals surface area contributed by atoms with Crippen LogP contribution in [0.15, 0.2) is 12.7 Å². The Bertz CT molecular complexity index is 191. The zero-order valence-corrected chi connectivity index (χ0v) is 8.50. The standard InChI is InChI=1S/C11H20N2/c1-3-9(2)12-11-5-7-13-6-4-10(11)8-13/h3,9-12H,1,4-8H2,2H3. The average Bonchev–Trinajstić information content (AvgIpc) is 2.54. The lowest BCUT2D eigenvalue weighted by Gasteiger charge is -2.32. The number of piperidine rings is 1. The molecule has 0 saturated carbocycles. The average molecular weight is 180 g/mol. The SMILES string of the molecule is C=CC(C)NC1CCN2CCC1C2. The number of hydrogen-bond donors (Lipinski definition) is 1. The van der Waals surface area contributed by atoms with Gasteiger partial charge in [-0.3, -0.25) is 0 Å². The molecular formula is C11H20N2. The van der Waals surface area contributed by atoms with Crippen molar-refractivity contribution in [3.8, 4) is 0 Å². The Balaban J connectivity index is 1.88. The fourth-order valence-electron chi connectivity index (χ4n) is 2.58. The highest BCUT2D eigenvalue weighted by atomic mass is 15.2. The molecular weight excluding hydrogens is 160 g/mol. The fraction of sp³-hybridized carbons (Fsp3) is 0.818. The smallest absolute Gasteiger partial charge is 0.0221 e. The second-order valence-corrected chi connectivity index (χ2v) is 4.44. The first-order valence-electron chi connectivity index (χ1n) is 5.40. The molecule has 2 saturated heterocycles. The summed E-state index contributed by atoms with van der Waals surface area (Å²) in [6.07, 6.45) is 4.71. The molecule has 2 nitrogen and oxygen atoms in total. The lowest BCUT2D eigenvalue weighted by Crippen LogP contribution is -2.46. The van der Waals surface area contributed by atoms with Crippen molar-refractivity contribution in [2.75, 3.05) is 19.6 Å². The zero-order valence-electron chi connectivity index (χ0n) is 8.50. The third kappa shape index (κ3) is 1.94. The van der Waals surface area contributed by atoms with E-state index in [2.05, 4.69) is 23.7 Å². The van der Waals surface area contributed by atoms with Gasteiger partial charge in [0, 0.05) is 18.6 Å². The van der Waals surface area contributed by atoms with Crippen LogP contribution >= 0.6 is 0 Å². The Hall–Kier alpha value is -0.340. The maximum atomic E-state index is 3.81. The topological polar surface area (TPSA) is 15.3 Å². The van der Waals surface area contributed by atoms with Gasteiger partial charge in [0.05, 0.1) is 0 Å². The summed E-state index contributed by atoms with van der Waals surface area (Å²) < 4.78 is 0. The Morgan fingerprint density at radius 3 is 3.00 bits per heavy atom. The monoisotopic (exact) mass is 180 g/mol. The predicted molar refractivity (Wildman–Crippen MR) is 55.7 cm³/mol. The van der Waals surface area contributed by atoms with Gasteiger partial charge in [0.25, 0.3) is 0 Å². The molecule has 0 aliphatic carbocycles. The molecule has 4 unspecified atom stereocenters. The largest absolute Gasteiger partial charge is 0.308 e. The first-order valence-corrected chi connectivity index (χ1v) is 5.40. The Morgan fingerprint density at radius 1 is 1.46 bits per heavy atom. The van der Waals surface area contributed by atoms with Crippen LogP contribution in [0.5, 0.6) is 0 Å². The van der Waals surface area contributed by atoms with E-state index in [1.807, 2.05) is 6.08 Å². The normalized spacial score (nSPS) is 40.2. The van der Waals surface area contributed by atoms with Crippen molar-refractivity contribution in [3.05, 3.63) is 12.7 Å². The predicted octanol–water partition coefficient (Wildman–Crippen LogP) is 1.24. The summed E-state index contributed by atoms with van der Waals surface area (Å²) in [7, 11) is 0. The molecule has 0 aromatic rings. The van der Waals surface area contributed by atoms with Crippen molar-refractivity contribution >= 4 is 0 Å². The molecule has 4 atom stereocenters. The molecule has 0 amide bonds. The summed E-state index contributed by atoms with van der Waals surface area (Å²) in [5.74, 6) is 0.899. The molecule has 2 heterocycles. The van der Waals surface area contributed by atoms with Crippen LogP contribution in [0.1, 0.15) is 19.8 Å². The molecule has 2 fully saturated rings. The number of hydrogen-bond acceptors (Lipinski definition) is 2. The van der Waals surface area contributed by atoms with E-state index in [1.165, 1.54) is 32.5 Å². The number of fused-ring (bicyclic) bond motifs is 2. The summed E-state index contributed by atoms with van der Waals surface area (Å²) in [5, 5.41) is 3.65. The van der Waals surface area contributed by atoms with Gasteiger partial charge in [-0.2, -0.15) is 0 Å². The molecule has 1 N–H and O–H groups in total. The van der Waals surface area contributed by atoms with Gasteiger partial charge in [-0.05, 0) is 38.8 Å². The van der Waals surface area contributed by atoms with E-state index < -0.39 is 0 Å². The first kappa shape index (κ1) is 9.22. The van der Waals surface area contributed by atoms with Crippen LogP contribution in [0.25, 0.3) is 0 Å². The number of nitrogens with zero attached hydrogens (tertiary/aromatic N) is 1. The highest BCUT2D eigenvalue weighted by Crippen LogP contribution is 2.27. The van der Waals surface area contributed by atoms with Gasteiger partial charge >= 0.3 is 0 Å². The molecule has 0 aromatic carbocycles. The van der Waals surface area contributed by atoms with Crippen molar-refractivity contribution < 1.29 is 0 Å². The van der Waals surface area contributed by atoms with Crippen LogP contribution < -0.4 is 5.32 Å². The molecule has 2 heteroatoms. The van der Waals surface area contributed by atoms with E-state index in [0.717, 1.165) is 12.0 Å². The Labute approximate surface area is 81.0 Å². The van der Waals surface area contributed by atoms with Crippen LogP contribution in [0.3, 0.4) is 0 Å². The Morgan fingerprint density at radius 2 is 2.23 bits per heavy atom. The van der Waals surface area contributed by atoms with Crippen molar-refractivity contribution in [2.24, 2.45) is 5.92 Å². The van der Waals surface area contributed by atoms with Gasteiger partial charge in [-0.25, -0.2) is 0 Å². The molecule has 2 bridgehead atoms. The fourth-order valence-corrected chi connectivity index (χ4v) is 2.58. The van der Waals surface area contributed by atoms with E-state index in [4.69, 9.17) is 0 Å². The highest BCUT2D eigenvalue weighted by Gasteiger charge is 2.34. The number of rotatable bonds is 3. The minimum Gasteiger partial charge on any atom is -0.308 e. The molecule has 2 rings (SSSR count). The minimum atomic E-state index is 0.470. The zero-order chi connectivity index (χ0) is 9.26. The summed E-state index contributed by atoms with van der Waals surface area (Å²) in [4.78, 5) is 2.58. The van der Waals surface area contributed by atoms with Crippen molar-refractivity contribution in [3.63, 3.8) is 0 Å². The molecule has 13 heavy (non-hydrogen) atoms. The minimum absolute atomic E-state index is 0.470. The van der Waals surface area contributed by atoms with Crippen LogP contribution in [-0.4, -0.2) is 36.6 Å². The van der Waals surface area contributed by atoms with E-state index >= 15 is 0 Å². The van der Waals surface area contributed by atoms with Gasteiger partial charge in [0.15, 0.2) is 0 Å². The van der Waals surface area contributed by atoms with Crippen molar-refractivity contribution in [2.45, 2.75) is 31.8 Å². The lowest BCUT2D eigenvalue weighted by atomic mass is 9.93. The molecule has 0 spiro atoms. The first-order chi connectivity index (χ1) is 6.29. The molecule has 0 radical (unpaired) electrons. The quantitative estimate of drug-likeness (QED) is 0.657. The number of nitrogens with one attached hydrogen (secondary N) is 1.